The van der Waals surface area contributed by atoms with Gasteiger partial charge < -0.3 is 20.6 Å². The van der Waals surface area contributed by atoms with Gasteiger partial charge in [0.2, 0.25) is 5.91 Å². The molecule has 1 rings (SSSR count). The summed E-state index contributed by atoms with van der Waals surface area (Å²) in [5.74, 6) is -1.76. The van der Waals surface area contributed by atoms with Gasteiger partial charge in [-0.2, -0.15) is 0 Å². The quantitative estimate of drug-likeness (QED) is 0.389. The molecule has 1 aromatic carbocycles. The fraction of sp³-hybridized carbons (Fsp3) is 0.385. The molecule has 9 heteroatoms. The van der Waals surface area contributed by atoms with Gasteiger partial charge in [0.05, 0.1) is 24.0 Å². The van der Waals surface area contributed by atoms with Crippen molar-refractivity contribution >= 4 is 17.6 Å². The van der Waals surface area contributed by atoms with Crippen molar-refractivity contribution in [3.8, 4) is 0 Å². The molecule has 0 aliphatic rings. The number of amides is 1. The third-order valence-electron chi connectivity index (χ3n) is 2.94. The Morgan fingerprint density at radius 3 is 2.27 bits per heavy atom. The zero-order valence-corrected chi connectivity index (χ0v) is 11.5. The monoisotopic (exact) mass is 312 g/mol. The SMILES string of the molecule is O=C(O)CCC(=O)N[C@H](CO)[C@@H](O)c1ccc([N+](=O)[O-])cc1. The molecular formula is C13H16N2O7. The predicted molar refractivity (Wildman–Crippen MR) is 73.9 cm³/mol. The van der Waals surface area contributed by atoms with Crippen molar-refractivity contribution in [2.75, 3.05) is 6.61 Å². The Morgan fingerprint density at radius 1 is 1.23 bits per heavy atom. The molecule has 0 spiro atoms. The molecule has 0 aliphatic carbocycles. The van der Waals surface area contributed by atoms with E-state index < -0.39 is 35.6 Å². The average molecular weight is 312 g/mol. The molecular weight excluding hydrogens is 296 g/mol. The molecule has 0 unspecified atom stereocenters. The number of nitrogens with zero attached hydrogens (tertiary/aromatic N) is 1. The van der Waals surface area contributed by atoms with E-state index in [1.165, 1.54) is 24.3 Å². The lowest BCUT2D eigenvalue weighted by molar-refractivity contribution is -0.384. The van der Waals surface area contributed by atoms with E-state index in [4.69, 9.17) is 5.11 Å². The largest absolute Gasteiger partial charge is 0.481 e. The van der Waals surface area contributed by atoms with Gasteiger partial charge in [0.25, 0.3) is 5.69 Å². The molecule has 9 nitrogen and oxygen atoms in total. The Hall–Kier alpha value is -2.52. The molecule has 2 atom stereocenters. The van der Waals surface area contributed by atoms with Crippen LogP contribution in [-0.4, -0.2) is 44.8 Å². The average Bonchev–Trinajstić information content (AvgIpc) is 2.50. The van der Waals surface area contributed by atoms with Crippen LogP contribution < -0.4 is 5.32 Å². The van der Waals surface area contributed by atoms with Gasteiger partial charge >= 0.3 is 5.97 Å². The van der Waals surface area contributed by atoms with Gasteiger partial charge in [0, 0.05) is 18.6 Å². The Balaban J connectivity index is 2.70. The zero-order valence-electron chi connectivity index (χ0n) is 11.5. The molecule has 0 radical (unpaired) electrons. The minimum Gasteiger partial charge on any atom is -0.481 e. The van der Waals surface area contributed by atoms with E-state index in [1.807, 2.05) is 0 Å². The minimum atomic E-state index is -1.28. The summed E-state index contributed by atoms with van der Waals surface area (Å²) in [6, 6.07) is 3.98. The number of carboxylic acids is 1. The number of carbonyl (C=O) groups is 2. The highest BCUT2D eigenvalue weighted by Gasteiger charge is 2.23. The lowest BCUT2D eigenvalue weighted by Crippen LogP contribution is -2.42. The number of nitro benzene ring substituents is 1. The van der Waals surface area contributed by atoms with Gasteiger partial charge in [-0.3, -0.25) is 19.7 Å². The standard InChI is InChI=1S/C13H16N2O7/c16-7-10(14-11(17)5-6-12(18)19)13(20)8-1-3-9(4-2-8)15(21)22/h1-4,10,13,16,20H,5-7H2,(H,14,17)(H,18,19)/t10-,13+/m1/s1. The summed E-state index contributed by atoms with van der Waals surface area (Å²) >= 11 is 0. The number of non-ortho nitro benzene ring substituents is 1. The smallest absolute Gasteiger partial charge is 0.303 e. The summed E-state index contributed by atoms with van der Waals surface area (Å²) in [7, 11) is 0. The first-order chi connectivity index (χ1) is 10.3. The van der Waals surface area contributed by atoms with Crippen LogP contribution in [0, 0.1) is 10.1 Å². The van der Waals surface area contributed by atoms with Crippen molar-refractivity contribution < 1.29 is 29.8 Å². The number of aliphatic hydroxyl groups is 2. The van der Waals surface area contributed by atoms with Crippen molar-refractivity contribution in [2.45, 2.75) is 25.0 Å². The fourth-order valence-corrected chi connectivity index (χ4v) is 1.75. The van der Waals surface area contributed by atoms with Gasteiger partial charge in [0.1, 0.15) is 6.10 Å². The number of benzene rings is 1. The van der Waals surface area contributed by atoms with Crippen molar-refractivity contribution in [3.63, 3.8) is 0 Å². The highest BCUT2D eigenvalue weighted by molar-refractivity contribution is 5.80. The summed E-state index contributed by atoms with van der Waals surface area (Å²) in [5, 5.41) is 40.6. The highest BCUT2D eigenvalue weighted by atomic mass is 16.6. The number of aliphatic hydroxyl groups excluding tert-OH is 2. The van der Waals surface area contributed by atoms with Crippen molar-refractivity contribution in [1.82, 2.24) is 5.32 Å². The molecule has 22 heavy (non-hydrogen) atoms. The summed E-state index contributed by atoms with van der Waals surface area (Å²) in [4.78, 5) is 31.8. The summed E-state index contributed by atoms with van der Waals surface area (Å²) in [6.07, 6.45) is -1.92. The van der Waals surface area contributed by atoms with Crippen molar-refractivity contribution in [1.29, 1.82) is 0 Å². The maximum Gasteiger partial charge on any atom is 0.303 e. The van der Waals surface area contributed by atoms with Crippen LogP contribution >= 0.6 is 0 Å². The van der Waals surface area contributed by atoms with Gasteiger partial charge in [-0.05, 0) is 17.7 Å². The number of rotatable bonds is 8. The summed E-state index contributed by atoms with van der Waals surface area (Å²) in [5.41, 5.74) is 0.130. The van der Waals surface area contributed by atoms with Crippen LogP contribution in [0.2, 0.25) is 0 Å². The summed E-state index contributed by atoms with van der Waals surface area (Å²) in [6.45, 7) is -0.572. The molecule has 0 fully saturated rings. The Bertz CT molecular complexity index is 544. The Labute approximate surface area is 125 Å². The molecule has 0 bridgehead atoms. The number of nitrogens with one attached hydrogen (secondary N) is 1. The number of hydrogen-bond acceptors (Lipinski definition) is 6. The fourth-order valence-electron chi connectivity index (χ4n) is 1.75. The first kappa shape index (κ1) is 17.5. The Morgan fingerprint density at radius 2 is 1.82 bits per heavy atom. The van der Waals surface area contributed by atoms with Gasteiger partial charge in [-0.15, -0.1) is 0 Å². The zero-order chi connectivity index (χ0) is 16.7. The number of hydrogen-bond donors (Lipinski definition) is 4. The van der Waals surface area contributed by atoms with E-state index in [0.29, 0.717) is 0 Å². The minimum absolute atomic E-state index is 0.151. The first-order valence-corrected chi connectivity index (χ1v) is 6.39. The molecule has 0 saturated heterocycles. The number of nitro groups is 1. The number of carbonyl (C=O) groups excluding carboxylic acids is 1. The predicted octanol–water partition coefficient (Wildman–Crippen LogP) is -0.0299. The van der Waals surface area contributed by atoms with E-state index >= 15 is 0 Å². The number of carboxylic acid groups (broad SMARTS) is 1. The second-order valence-corrected chi connectivity index (χ2v) is 4.54. The molecule has 0 aromatic heterocycles. The maximum absolute atomic E-state index is 11.5. The first-order valence-electron chi connectivity index (χ1n) is 6.39. The van der Waals surface area contributed by atoms with Gasteiger partial charge in [0.15, 0.2) is 0 Å². The van der Waals surface area contributed by atoms with Crippen LogP contribution in [0.25, 0.3) is 0 Å². The van der Waals surface area contributed by atoms with Crippen molar-refractivity contribution in [3.05, 3.63) is 39.9 Å². The lowest BCUT2D eigenvalue weighted by Gasteiger charge is -2.22. The molecule has 1 amide bonds. The maximum atomic E-state index is 11.5. The molecule has 120 valence electrons. The topological polar surface area (TPSA) is 150 Å². The van der Waals surface area contributed by atoms with Crippen LogP contribution in [0.4, 0.5) is 5.69 Å². The highest BCUT2D eigenvalue weighted by Crippen LogP contribution is 2.20. The van der Waals surface area contributed by atoms with Crippen molar-refractivity contribution in [2.24, 2.45) is 0 Å². The summed E-state index contributed by atoms with van der Waals surface area (Å²) < 4.78 is 0. The third-order valence-corrected chi connectivity index (χ3v) is 2.94. The van der Waals surface area contributed by atoms with Crippen LogP contribution in [-0.2, 0) is 9.59 Å². The lowest BCUT2D eigenvalue weighted by atomic mass is 10.0. The van der Waals surface area contributed by atoms with E-state index in [1.54, 1.807) is 0 Å². The van der Waals surface area contributed by atoms with Crippen LogP contribution in [0.3, 0.4) is 0 Å². The van der Waals surface area contributed by atoms with E-state index in [0.717, 1.165) is 0 Å². The van der Waals surface area contributed by atoms with E-state index in [9.17, 15) is 29.9 Å². The Kier molecular flexibility index (Phi) is 6.42. The molecule has 0 saturated carbocycles. The van der Waals surface area contributed by atoms with Gasteiger partial charge in [-0.1, -0.05) is 0 Å². The second-order valence-electron chi connectivity index (χ2n) is 4.54. The number of aliphatic carboxylic acids is 1. The molecule has 0 heterocycles. The van der Waals surface area contributed by atoms with Crippen LogP contribution in [0.1, 0.15) is 24.5 Å². The van der Waals surface area contributed by atoms with Crippen LogP contribution in [0.5, 0.6) is 0 Å². The molecule has 1 aromatic rings. The van der Waals surface area contributed by atoms with Crippen LogP contribution in [0.15, 0.2) is 24.3 Å². The van der Waals surface area contributed by atoms with E-state index in [-0.39, 0.29) is 24.1 Å². The molecule has 0 aliphatic heterocycles. The van der Waals surface area contributed by atoms with E-state index in [2.05, 4.69) is 5.32 Å². The molecule has 4 N–H and O–H groups in total. The second kappa shape index (κ2) is 8.05. The van der Waals surface area contributed by atoms with Gasteiger partial charge in [-0.25, -0.2) is 0 Å². The third kappa shape index (κ3) is 5.11. The normalized spacial score (nSPS) is 13.2.